The van der Waals surface area contributed by atoms with Crippen molar-refractivity contribution in [3.05, 3.63) is 17.6 Å². The van der Waals surface area contributed by atoms with Gasteiger partial charge in [0.2, 0.25) is 11.8 Å². The van der Waals surface area contributed by atoms with Crippen LogP contribution < -0.4 is 16.4 Å². The van der Waals surface area contributed by atoms with Gasteiger partial charge >= 0.3 is 19.5 Å². The number of anilines is 1. The highest BCUT2D eigenvalue weighted by Crippen LogP contribution is 2.47. The van der Waals surface area contributed by atoms with Crippen LogP contribution in [-0.4, -0.2) is 72.9 Å². The van der Waals surface area contributed by atoms with Crippen molar-refractivity contribution in [3.63, 3.8) is 0 Å². The summed E-state index contributed by atoms with van der Waals surface area (Å²) in [7, 11) is -3.77. The quantitative estimate of drug-likeness (QED) is 0.142. The number of nitrogens with zero attached hydrogens (tertiary/aromatic N) is 2. The second kappa shape index (κ2) is 16.4. The number of nitrogen functional groups attached to an aromatic ring is 1. The number of amides is 2. The summed E-state index contributed by atoms with van der Waals surface area (Å²) in [5, 5.41) is 5.23. The van der Waals surface area contributed by atoms with Crippen molar-refractivity contribution in [2.75, 3.05) is 44.9 Å². The van der Waals surface area contributed by atoms with E-state index in [2.05, 4.69) is 20.6 Å². The van der Waals surface area contributed by atoms with Crippen molar-refractivity contribution >= 4 is 37.2 Å². The van der Waals surface area contributed by atoms with Gasteiger partial charge < -0.3 is 34.9 Å². The molecule has 232 valence electrons. The van der Waals surface area contributed by atoms with Crippen molar-refractivity contribution in [1.29, 1.82) is 0 Å². The van der Waals surface area contributed by atoms with E-state index in [-0.39, 0.29) is 70.2 Å². The maximum Gasteiger partial charge on any atom is 0.332 e. The Labute approximate surface area is 241 Å². The molecule has 0 aliphatic carbocycles. The Balaban J connectivity index is 2.52. The number of ether oxygens (including phenoxy) is 2. The molecular formula is C26H44N5O9P. The van der Waals surface area contributed by atoms with Crippen molar-refractivity contribution in [1.82, 2.24) is 20.6 Å². The van der Waals surface area contributed by atoms with E-state index in [1.54, 1.807) is 48.5 Å². The van der Waals surface area contributed by atoms with Crippen LogP contribution in [0, 0.1) is 17.8 Å². The lowest BCUT2D eigenvalue weighted by atomic mass is 9.97. The van der Waals surface area contributed by atoms with Crippen LogP contribution in [-0.2, 0) is 48.8 Å². The number of hydrogen-bond donors (Lipinski definition) is 3. The minimum absolute atomic E-state index is 0.0709. The summed E-state index contributed by atoms with van der Waals surface area (Å²) in [6.45, 7) is 11.2. The first kappa shape index (κ1) is 35.9. The number of rotatable bonds is 16. The Hall–Kier alpha value is -3.09. The molecule has 1 aromatic heterocycles. The third kappa shape index (κ3) is 14.9. The molecule has 0 fully saturated rings. The molecule has 0 aromatic carbocycles. The molecule has 15 heteroatoms. The van der Waals surface area contributed by atoms with Gasteiger partial charge in [-0.15, -0.1) is 0 Å². The van der Waals surface area contributed by atoms with Crippen LogP contribution in [0.25, 0.3) is 0 Å². The standard InChI is InChI=1S/C26H44N5O9P/c1-18-29-16-19(22(27)31-18)17-30-21(33)9-8-20(32)28-10-15-41(36,39-13-11-37-23(34)25(2,3)4)40-14-12-38-24(35)26(5,6)7/h16H,8-15,17H2,1-7H3,(H,28,32)(H,30,33)(H2,27,29,31). The average Bonchev–Trinajstić information content (AvgIpc) is 2.86. The summed E-state index contributed by atoms with van der Waals surface area (Å²) in [5.74, 6) is -0.919. The minimum atomic E-state index is -3.77. The minimum Gasteiger partial charge on any atom is -0.463 e. The summed E-state index contributed by atoms with van der Waals surface area (Å²) in [4.78, 5) is 56.3. The predicted molar refractivity (Wildman–Crippen MR) is 150 cm³/mol. The smallest absolute Gasteiger partial charge is 0.332 e. The van der Waals surface area contributed by atoms with Gasteiger partial charge in [-0.05, 0) is 48.5 Å². The lowest BCUT2D eigenvalue weighted by Gasteiger charge is -2.21. The molecule has 0 aliphatic rings. The van der Waals surface area contributed by atoms with Gasteiger partial charge in [-0.3, -0.25) is 23.7 Å². The fraction of sp³-hybridized carbons (Fsp3) is 0.692. The van der Waals surface area contributed by atoms with Gasteiger partial charge in [-0.2, -0.15) is 0 Å². The first-order chi connectivity index (χ1) is 18.9. The number of nitrogens with two attached hydrogens (primary N) is 1. The maximum absolute atomic E-state index is 13.3. The average molecular weight is 602 g/mol. The maximum atomic E-state index is 13.3. The molecule has 0 saturated heterocycles. The fourth-order valence-corrected chi connectivity index (χ4v) is 4.22. The van der Waals surface area contributed by atoms with E-state index >= 15 is 0 Å². The zero-order valence-electron chi connectivity index (χ0n) is 25.0. The van der Waals surface area contributed by atoms with E-state index in [1.165, 1.54) is 6.20 Å². The Morgan fingerprint density at radius 3 is 1.80 bits per heavy atom. The van der Waals surface area contributed by atoms with Crippen LogP contribution in [0.4, 0.5) is 5.82 Å². The number of nitrogens with one attached hydrogen (secondary N) is 2. The van der Waals surface area contributed by atoms with Crippen molar-refractivity contribution < 1.29 is 42.3 Å². The fourth-order valence-electron chi connectivity index (χ4n) is 2.80. The second-order valence-electron chi connectivity index (χ2n) is 11.2. The highest BCUT2D eigenvalue weighted by Gasteiger charge is 2.28. The largest absolute Gasteiger partial charge is 0.463 e. The highest BCUT2D eigenvalue weighted by atomic mass is 31.2. The molecule has 0 aliphatic heterocycles. The monoisotopic (exact) mass is 601 g/mol. The van der Waals surface area contributed by atoms with Crippen LogP contribution >= 0.6 is 7.60 Å². The SMILES string of the molecule is Cc1ncc(CNC(=O)CCC(=O)NCCP(=O)(OCCOC(=O)C(C)(C)C)OCCOC(=O)C(C)(C)C)c(N)n1. The number of aromatic nitrogens is 2. The normalized spacial score (nSPS) is 12.0. The first-order valence-corrected chi connectivity index (χ1v) is 15.0. The Bertz CT molecular complexity index is 1060. The molecule has 1 rings (SSSR count). The van der Waals surface area contributed by atoms with E-state index in [4.69, 9.17) is 24.3 Å². The molecule has 0 saturated carbocycles. The van der Waals surface area contributed by atoms with E-state index in [9.17, 15) is 23.7 Å². The van der Waals surface area contributed by atoms with Gasteiger partial charge in [0.15, 0.2) is 0 Å². The predicted octanol–water partition coefficient (Wildman–Crippen LogP) is 2.28. The Morgan fingerprint density at radius 1 is 0.854 bits per heavy atom. The Morgan fingerprint density at radius 2 is 1.34 bits per heavy atom. The molecule has 4 N–H and O–H groups in total. The lowest BCUT2D eigenvalue weighted by molar-refractivity contribution is -0.154. The van der Waals surface area contributed by atoms with E-state index in [0.29, 0.717) is 11.4 Å². The Kier molecular flexibility index (Phi) is 14.4. The highest BCUT2D eigenvalue weighted by molar-refractivity contribution is 7.53. The van der Waals surface area contributed by atoms with Crippen molar-refractivity contribution in [2.24, 2.45) is 10.8 Å². The van der Waals surface area contributed by atoms with Crippen LogP contribution in [0.3, 0.4) is 0 Å². The summed E-state index contributed by atoms with van der Waals surface area (Å²) >= 11 is 0. The third-order valence-electron chi connectivity index (χ3n) is 5.22. The second-order valence-corrected chi connectivity index (χ2v) is 13.4. The number of carbonyl (C=O) groups is 4. The molecular weight excluding hydrogens is 557 g/mol. The van der Waals surface area contributed by atoms with Crippen LogP contribution in [0.2, 0.25) is 0 Å². The van der Waals surface area contributed by atoms with Gasteiger partial charge in [0.25, 0.3) is 0 Å². The van der Waals surface area contributed by atoms with E-state index < -0.39 is 36.3 Å². The molecule has 41 heavy (non-hydrogen) atoms. The van der Waals surface area contributed by atoms with E-state index in [1.807, 2.05) is 0 Å². The zero-order valence-corrected chi connectivity index (χ0v) is 25.9. The summed E-state index contributed by atoms with van der Waals surface area (Å²) in [5.41, 5.74) is 4.95. The molecule has 14 nitrogen and oxygen atoms in total. The summed E-state index contributed by atoms with van der Waals surface area (Å²) in [6, 6.07) is 0. The van der Waals surface area contributed by atoms with Gasteiger partial charge in [0.1, 0.15) is 24.9 Å². The topological polar surface area (TPSA) is 198 Å². The summed E-state index contributed by atoms with van der Waals surface area (Å²) < 4.78 is 34.3. The van der Waals surface area contributed by atoms with Crippen molar-refractivity contribution in [3.8, 4) is 0 Å². The number of esters is 2. The van der Waals surface area contributed by atoms with Gasteiger partial charge in [-0.1, -0.05) is 0 Å². The molecule has 0 spiro atoms. The molecule has 2 amide bonds. The molecule has 0 atom stereocenters. The van der Waals surface area contributed by atoms with E-state index in [0.717, 1.165) is 0 Å². The van der Waals surface area contributed by atoms with Gasteiger partial charge in [-0.25, -0.2) is 9.97 Å². The number of hydrogen-bond acceptors (Lipinski definition) is 12. The van der Waals surface area contributed by atoms with Crippen LogP contribution in [0.5, 0.6) is 0 Å². The summed E-state index contributed by atoms with van der Waals surface area (Å²) in [6.07, 6.45) is 1.14. The van der Waals surface area contributed by atoms with Crippen LogP contribution in [0.1, 0.15) is 65.8 Å². The van der Waals surface area contributed by atoms with Crippen LogP contribution in [0.15, 0.2) is 6.20 Å². The molecule has 1 aromatic rings. The number of aryl methyl sites for hydroxylation is 1. The lowest BCUT2D eigenvalue weighted by Crippen LogP contribution is -2.30. The third-order valence-corrected chi connectivity index (χ3v) is 7.14. The number of carbonyl (C=O) groups excluding carboxylic acids is 4. The van der Waals surface area contributed by atoms with Gasteiger partial charge in [0, 0.05) is 37.7 Å². The van der Waals surface area contributed by atoms with Crippen molar-refractivity contribution in [2.45, 2.75) is 67.9 Å². The van der Waals surface area contributed by atoms with Gasteiger partial charge in [0.05, 0.1) is 30.2 Å². The molecule has 0 unspecified atom stereocenters. The molecule has 1 heterocycles. The zero-order chi connectivity index (χ0) is 31.3. The molecule has 0 bridgehead atoms. The first-order valence-electron chi connectivity index (χ1n) is 13.3. The molecule has 0 radical (unpaired) electrons.